The van der Waals surface area contributed by atoms with Crippen molar-refractivity contribution in [3.63, 3.8) is 0 Å². The second kappa shape index (κ2) is 11.7. The molecule has 1 unspecified atom stereocenters. The van der Waals surface area contributed by atoms with Gasteiger partial charge < -0.3 is 10.6 Å². The minimum atomic E-state index is -3.75. The first-order valence-electron chi connectivity index (χ1n) is 11.9. The van der Waals surface area contributed by atoms with Crippen LogP contribution in [0.5, 0.6) is 0 Å². The molecular weight excluding hydrogens is 490 g/mol. The topological polar surface area (TPSA) is 87.3 Å². The molecule has 8 heteroatoms. The lowest BCUT2D eigenvalue weighted by Gasteiger charge is -2.15. The standard InChI is InChI=1S/C28H33N3O3S2/c1-18(2)16-22-7-9-23(10-8-22)21(5)27(32)30-28(35)29-24-11-13-25(14-12-24)36(33,34)31-26-15-6-19(3)17-20(26)4/h6-15,17-18,21,31H,16H2,1-5H3,(H2,29,30,32,35). The van der Waals surface area contributed by atoms with E-state index < -0.39 is 10.0 Å². The monoisotopic (exact) mass is 523 g/mol. The Morgan fingerprint density at radius 3 is 2.14 bits per heavy atom. The number of amides is 1. The molecule has 0 spiro atoms. The molecule has 3 N–H and O–H groups in total. The number of sulfonamides is 1. The maximum Gasteiger partial charge on any atom is 0.261 e. The van der Waals surface area contributed by atoms with Crippen LogP contribution in [0.4, 0.5) is 11.4 Å². The van der Waals surface area contributed by atoms with E-state index in [-0.39, 0.29) is 21.8 Å². The summed E-state index contributed by atoms with van der Waals surface area (Å²) in [7, 11) is -3.75. The number of aryl methyl sites for hydroxylation is 2. The zero-order valence-electron chi connectivity index (χ0n) is 21.3. The summed E-state index contributed by atoms with van der Waals surface area (Å²) < 4.78 is 28.2. The highest BCUT2D eigenvalue weighted by atomic mass is 32.2. The molecule has 0 saturated carbocycles. The zero-order valence-corrected chi connectivity index (χ0v) is 22.9. The molecule has 3 aromatic rings. The molecule has 1 amide bonds. The number of carbonyl (C=O) groups is 1. The summed E-state index contributed by atoms with van der Waals surface area (Å²) in [6.45, 7) is 9.99. The van der Waals surface area contributed by atoms with Crippen molar-refractivity contribution in [2.45, 2.75) is 51.9 Å². The third kappa shape index (κ3) is 7.38. The van der Waals surface area contributed by atoms with Gasteiger partial charge in [0.2, 0.25) is 5.91 Å². The SMILES string of the molecule is Cc1ccc(NS(=O)(=O)c2ccc(NC(=S)NC(=O)C(C)c3ccc(CC(C)C)cc3)cc2)c(C)c1. The molecular formula is C28H33N3O3S2. The lowest BCUT2D eigenvalue weighted by atomic mass is 9.96. The van der Waals surface area contributed by atoms with Crippen molar-refractivity contribution in [2.75, 3.05) is 10.0 Å². The van der Waals surface area contributed by atoms with Crippen LogP contribution >= 0.6 is 12.2 Å². The highest BCUT2D eigenvalue weighted by Gasteiger charge is 2.18. The zero-order chi connectivity index (χ0) is 26.5. The van der Waals surface area contributed by atoms with Gasteiger partial charge in [0.15, 0.2) is 5.11 Å². The van der Waals surface area contributed by atoms with Gasteiger partial charge in [-0.25, -0.2) is 8.42 Å². The third-order valence-corrected chi connectivity index (χ3v) is 7.39. The van der Waals surface area contributed by atoms with Gasteiger partial charge in [0.25, 0.3) is 10.0 Å². The van der Waals surface area contributed by atoms with Gasteiger partial charge >= 0.3 is 0 Å². The maximum absolute atomic E-state index is 12.8. The molecule has 0 radical (unpaired) electrons. The van der Waals surface area contributed by atoms with Gasteiger partial charge in [0, 0.05) is 5.69 Å². The Bertz CT molecular complexity index is 1330. The van der Waals surface area contributed by atoms with Gasteiger partial charge in [-0.05, 0) is 92.4 Å². The first-order valence-corrected chi connectivity index (χ1v) is 13.7. The number of thiocarbonyl (C=S) groups is 1. The van der Waals surface area contributed by atoms with E-state index in [1.165, 1.54) is 17.7 Å². The fourth-order valence-corrected chi connectivity index (χ4v) is 5.15. The van der Waals surface area contributed by atoms with Crippen molar-refractivity contribution < 1.29 is 13.2 Å². The Morgan fingerprint density at radius 1 is 0.917 bits per heavy atom. The van der Waals surface area contributed by atoms with Crippen molar-refractivity contribution in [3.05, 3.63) is 89.0 Å². The quantitative estimate of drug-likeness (QED) is 0.319. The summed E-state index contributed by atoms with van der Waals surface area (Å²) in [4.78, 5) is 12.8. The molecule has 3 aromatic carbocycles. The highest BCUT2D eigenvalue weighted by molar-refractivity contribution is 7.92. The van der Waals surface area contributed by atoms with Crippen LogP contribution in [-0.4, -0.2) is 19.4 Å². The molecule has 1 atom stereocenters. The van der Waals surface area contributed by atoms with Crippen LogP contribution in [0, 0.1) is 19.8 Å². The van der Waals surface area contributed by atoms with Gasteiger partial charge in [-0.1, -0.05) is 55.8 Å². The lowest BCUT2D eigenvalue weighted by molar-refractivity contribution is -0.120. The first kappa shape index (κ1) is 27.4. The summed E-state index contributed by atoms with van der Waals surface area (Å²) in [6, 6.07) is 19.8. The Hall–Kier alpha value is -3.23. The van der Waals surface area contributed by atoms with Crippen LogP contribution in [0.15, 0.2) is 71.6 Å². The lowest BCUT2D eigenvalue weighted by Crippen LogP contribution is -2.36. The maximum atomic E-state index is 12.8. The largest absolute Gasteiger partial charge is 0.332 e. The summed E-state index contributed by atoms with van der Waals surface area (Å²) in [5, 5.41) is 5.80. The van der Waals surface area contributed by atoms with Crippen molar-refractivity contribution in [1.29, 1.82) is 0 Å². The van der Waals surface area contributed by atoms with Crippen molar-refractivity contribution in [3.8, 4) is 0 Å². The summed E-state index contributed by atoms with van der Waals surface area (Å²) in [5.41, 5.74) is 5.16. The number of carbonyl (C=O) groups excluding carboxylic acids is 1. The molecule has 0 aliphatic heterocycles. The van der Waals surface area contributed by atoms with Gasteiger partial charge in [-0.3, -0.25) is 9.52 Å². The average Bonchev–Trinajstić information content (AvgIpc) is 2.81. The summed E-state index contributed by atoms with van der Waals surface area (Å²) >= 11 is 5.29. The number of rotatable bonds is 8. The summed E-state index contributed by atoms with van der Waals surface area (Å²) in [6.07, 6.45) is 0.997. The fourth-order valence-electron chi connectivity index (χ4n) is 3.80. The molecule has 0 fully saturated rings. The number of nitrogens with one attached hydrogen (secondary N) is 3. The molecule has 190 valence electrons. The molecule has 3 rings (SSSR count). The number of hydrogen-bond donors (Lipinski definition) is 3. The number of hydrogen-bond acceptors (Lipinski definition) is 4. The molecule has 0 aliphatic rings. The second-order valence-corrected chi connectivity index (χ2v) is 11.5. The highest BCUT2D eigenvalue weighted by Crippen LogP contribution is 2.22. The molecule has 0 heterocycles. The first-order chi connectivity index (χ1) is 16.9. The van der Waals surface area contributed by atoms with E-state index in [1.54, 1.807) is 18.2 Å². The minimum Gasteiger partial charge on any atom is -0.332 e. The molecule has 0 aliphatic carbocycles. The van der Waals surface area contributed by atoms with Gasteiger partial charge in [-0.15, -0.1) is 0 Å². The van der Waals surface area contributed by atoms with E-state index in [9.17, 15) is 13.2 Å². The Balaban J connectivity index is 1.58. The van der Waals surface area contributed by atoms with E-state index in [2.05, 4.69) is 41.3 Å². The fraction of sp³-hybridized carbons (Fsp3) is 0.286. The van der Waals surface area contributed by atoms with Crippen LogP contribution in [0.2, 0.25) is 0 Å². The number of anilines is 2. The van der Waals surface area contributed by atoms with E-state index in [0.29, 0.717) is 17.3 Å². The van der Waals surface area contributed by atoms with E-state index >= 15 is 0 Å². The Labute approximate surface area is 219 Å². The van der Waals surface area contributed by atoms with Crippen molar-refractivity contribution >= 4 is 44.6 Å². The van der Waals surface area contributed by atoms with Crippen molar-refractivity contribution in [1.82, 2.24) is 5.32 Å². The van der Waals surface area contributed by atoms with E-state index in [0.717, 1.165) is 23.1 Å². The second-order valence-electron chi connectivity index (χ2n) is 9.45. The van der Waals surface area contributed by atoms with Crippen molar-refractivity contribution in [2.24, 2.45) is 5.92 Å². The van der Waals surface area contributed by atoms with E-state index in [1.807, 2.05) is 45.0 Å². The molecule has 0 saturated heterocycles. The Morgan fingerprint density at radius 2 is 1.56 bits per heavy atom. The van der Waals surface area contributed by atoms with Gasteiger partial charge in [0.1, 0.15) is 0 Å². The van der Waals surface area contributed by atoms with Gasteiger partial charge in [-0.2, -0.15) is 0 Å². The van der Waals surface area contributed by atoms with Crippen LogP contribution < -0.4 is 15.4 Å². The molecule has 0 bridgehead atoms. The third-order valence-electron chi connectivity index (χ3n) is 5.80. The van der Waals surface area contributed by atoms with E-state index in [4.69, 9.17) is 12.2 Å². The summed E-state index contributed by atoms with van der Waals surface area (Å²) in [5.74, 6) is -0.0227. The van der Waals surface area contributed by atoms with Crippen LogP contribution in [-0.2, 0) is 21.2 Å². The van der Waals surface area contributed by atoms with Gasteiger partial charge in [0.05, 0.1) is 16.5 Å². The minimum absolute atomic E-state index is 0.123. The molecule has 6 nitrogen and oxygen atoms in total. The predicted molar refractivity (Wildman–Crippen MR) is 151 cm³/mol. The molecule has 0 aromatic heterocycles. The van der Waals surface area contributed by atoms with Crippen LogP contribution in [0.25, 0.3) is 0 Å². The number of benzene rings is 3. The molecule has 36 heavy (non-hydrogen) atoms. The normalized spacial score (nSPS) is 12.2. The predicted octanol–water partition coefficient (Wildman–Crippen LogP) is 5.92. The Kier molecular flexibility index (Phi) is 8.87. The van der Waals surface area contributed by atoms with Crippen LogP contribution in [0.1, 0.15) is 48.9 Å². The van der Waals surface area contributed by atoms with Crippen LogP contribution in [0.3, 0.4) is 0 Å². The smallest absolute Gasteiger partial charge is 0.261 e. The average molecular weight is 524 g/mol.